The fraction of sp³-hybridized carbons (Fsp3) is 0.818. The number of alkyl halides is 1. The fourth-order valence-corrected chi connectivity index (χ4v) is 2.17. The molecule has 1 aliphatic carbocycles. The van der Waals surface area contributed by atoms with Crippen LogP contribution in [0.3, 0.4) is 0 Å². The highest BCUT2D eigenvalue weighted by molar-refractivity contribution is 5.78. The lowest BCUT2D eigenvalue weighted by Crippen LogP contribution is -2.45. The van der Waals surface area contributed by atoms with E-state index >= 15 is 0 Å². The van der Waals surface area contributed by atoms with Crippen molar-refractivity contribution in [2.45, 2.75) is 43.9 Å². The van der Waals surface area contributed by atoms with Gasteiger partial charge in [-0.25, -0.2) is 4.39 Å². The predicted octanol–water partition coefficient (Wildman–Crippen LogP) is 0.591. The Kier molecular flexibility index (Phi) is 3.39. The van der Waals surface area contributed by atoms with Crippen molar-refractivity contribution in [3.8, 4) is 6.07 Å². The SMILES string of the molecule is N#C[C@@H]1C[C@H](F)CN1CC(=O)NC1CCC1. The van der Waals surface area contributed by atoms with Gasteiger partial charge >= 0.3 is 0 Å². The second kappa shape index (κ2) is 4.79. The number of carbonyl (C=O) groups is 1. The number of nitrogens with zero attached hydrogens (tertiary/aromatic N) is 2. The molecule has 16 heavy (non-hydrogen) atoms. The second-order valence-electron chi connectivity index (χ2n) is 4.60. The third kappa shape index (κ3) is 2.50. The summed E-state index contributed by atoms with van der Waals surface area (Å²) in [6, 6.07) is 1.90. The van der Waals surface area contributed by atoms with E-state index in [0.717, 1.165) is 12.8 Å². The maximum absolute atomic E-state index is 13.1. The molecule has 2 aliphatic rings. The molecule has 0 unspecified atom stereocenters. The monoisotopic (exact) mass is 225 g/mol. The third-order valence-corrected chi connectivity index (χ3v) is 3.32. The smallest absolute Gasteiger partial charge is 0.234 e. The molecule has 0 bridgehead atoms. The van der Waals surface area contributed by atoms with Gasteiger partial charge in [-0.15, -0.1) is 0 Å². The van der Waals surface area contributed by atoms with E-state index in [1.807, 2.05) is 6.07 Å². The van der Waals surface area contributed by atoms with Gasteiger partial charge in [0.1, 0.15) is 12.2 Å². The predicted molar refractivity (Wildman–Crippen MR) is 56.3 cm³/mol. The minimum Gasteiger partial charge on any atom is -0.352 e. The summed E-state index contributed by atoms with van der Waals surface area (Å²) in [4.78, 5) is 13.2. The van der Waals surface area contributed by atoms with Crippen LogP contribution in [0, 0.1) is 11.3 Å². The molecule has 1 N–H and O–H groups in total. The Hall–Kier alpha value is -1.15. The van der Waals surface area contributed by atoms with Crippen LogP contribution in [0.4, 0.5) is 4.39 Å². The van der Waals surface area contributed by atoms with Gasteiger partial charge in [-0.2, -0.15) is 5.26 Å². The van der Waals surface area contributed by atoms with Gasteiger partial charge in [0, 0.05) is 19.0 Å². The molecule has 0 spiro atoms. The molecule has 4 nitrogen and oxygen atoms in total. The van der Waals surface area contributed by atoms with Gasteiger partial charge in [0.15, 0.2) is 0 Å². The van der Waals surface area contributed by atoms with E-state index in [1.165, 1.54) is 6.42 Å². The Bertz CT molecular complexity index is 311. The molecule has 1 saturated heterocycles. The molecule has 0 aromatic rings. The average Bonchev–Trinajstić information content (AvgIpc) is 2.52. The number of rotatable bonds is 3. The zero-order valence-electron chi connectivity index (χ0n) is 9.16. The Morgan fingerprint density at radius 2 is 2.31 bits per heavy atom. The highest BCUT2D eigenvalue weighted by atomic mass is 19.1. The second-order valence-corrected chi connectivity index (χ2v) is 4.60. The minimum absolute atomic E-state index is 0.0842. The van der Waals surface area contributed by atoms with Crippen LogP contribution in [0.1, 0.15) is 25.7 Å². The van der Waals surface area contributed by atoms with Crippen LogP contribution in [0.15, 0.2) is 0 Å². The van der Waals surface area contributed by atoms with Crippen LogP contribution in [-0.2, 0) is 4.79 Å². The van der Waals surface area contributed by atoms with E-state index in [9.17, 15) is 9.18 Å². The molecule has 0 aromatic heterocycles. The van der Waals surface area contributed by atoms with Crippen molar-refractivity contribution in [2.24, 2.45) is 0 Å². The quantitative estimate of drug-likeness (QED) is 0.765. The summed E-state index contributed by atoms with van der Waals surface area (Å²) in [6.07, 6.45) is 2.51. The van der Waals surface area contributed by atoms with Crippen LogP contribution in [-0.4, -0.2) is 42.2 Å². The van der Waals surface area contributed by atoms with Crippen molar-refractivity contribution in [3.63, 3.8) is 0 Å². The number of nitriles is 1. The van der Waals surface area contributed by atoms with Gasteiger partial charge in [0.05, 0.1) is 12.6 Å². The Labute approximate surface area is 94.4 Å². The van der Waals surface area contributed by atoms with Crippen LogP contribution in [0.2, 0.25) is 0 Å². The Balaban J connectivity index is 1.79. The number of likely N-dealkylation sites (tertiary alicyclic amines) is 1. The molecule has 1 amide bonds. The number of amides is 1. The van der Waals surface area contributed by atoms with Crippen molar-refractivity contribution in [2.75, 3.05) is 13.1 Å². The van der Waals surface area contributed by atoms with Crippen molar-refractivity contribution in [3.05, 3.63) is 0 Å². The highest BCUT2D eigenvalue weighted by Gasteiger charge is 2.33. The summed E-state index contributed by atoms with van der Waals surface area (Å²) >= 11 is 0. The van der Waals surface area contributed by atoms with Crippen LogP contribution >= 0.6 is 0 Å². The summed E-state index contributed by atoms with van der Waals surface area (Å²) in [7, 11) is 0. The van der Waals surface area contributed by atoms with Crippen molar-refractivity contribution in [1.82, 2.24) is 10.2 Å². The van der Waals surface area contributed by atoms with Gasteiger partial charge < -0.3 is 5.32 Å². The summed E-state index contributed by atoms with van der Waals surface area (Å²) in [5.74, 6) is -0.0842. The average molecular weight is 225 g/mol. The van der Waals surface area contributed by atoms with Gasteiger partial charge in [0.2, 0.25) is 5.91 Å². The number of hydrogen-bond acceptors (Lipinski definition) is 3. The largest absolute Gasteiger partial charge is 0.352 e. The molecule has 88 valence electrons. The highest BCUT2D eigenvalue weighted by Crippen LogP contribution is 2.20. The first-order valence-corrected chi connectivity index (χ1v) is 5.76. The number of nitrogens with one attached hydrogen (secondary N) is 1. The van der Waals surface area contributed by atoms with Gasteiger partial charge in [-0.05, 0) is 19.3 Å². The first-order chi connectivity index (χ1) is 7.69. The Morgan fingerprint density at radius 3 is 2.88 bits per heavy atom. The van der Waals surface area contributed by atoms with Crippen molar-refractivity contribution in [1.29, 1.82) is 5.26 Å². The van der Waals surface area contributed by atoms with E-state index in [1.54, 1.807) is 4.90 Å². The lowest BCUT2D eigenvalue weighted by atomic mass is 9.93. The molecule has 2 fully saturated rings. The first kappa shape index (κ1) is 11.3. The van der Waals surface area contributed by atoms with Crippen molar-refractivity contribution < 1.29 is 9.18 Å². The molecule has 0 radical (unpaired) electrons. The molecule has 2 atom stereocenters. The first-order valence-electron chi connectivity index (χ1n) is 5.76. The zero-order valence-corrected chi connectivity index (χ0v) is 9.16. The lowest BCUT2D eigenvalue weighted by Gasteiger charge is -2.27. The molecule has 2 rings (SSSR count). The molecule has 1 aliphatic heterocycles. The molecule has 0 aromatic carbocycles. The molecular weight excluding hydrogens is 209 g/mol. The van der Waals surface area contributed by atoms with Gasteiger partial charge in [0.25, 0.3) is 0 Å². The van der Waals surface area contributed by atoms with Gasteiger partial charge in [-0.3, -0.25) is 9.69 Å². The van der Waals surface area contributed by atoms with Crippen LogP contribution < -0.4 is 5.32 Å². The van der Waals surface area contributed by atoms with Crippen molar-refractivity contribution >= 4 is 5.91 Å². The third-order valence-electron chi connectivity index (χ3n) is 3.32. The van der Waals surface area contributed by atoms with E-state index in [-0.39, 0.29) is 25.4 Å². The fourth-order valence-electron chi connectivity index (χ4n) is 2.17. The van der Waals surface area contributed by atoms with Crippen LogP contribution in [0.25, 0.3) is 0 Å². The molecule has 1 heterocycles. The molecular formula is C11H16FN3O. The van der Waals surface area contributed by atoms with E-state index in [2.05, 4.69) is 5.32 Å². The lowest BCUT2D eigenvalue weighted by molar-refractivity contribution is -0.123. The maximum atomic E-state index is 13.1. The number of halogens is 1. The molecule has 1 saturated carbocycles. The summed E-state index contributed by atoms with van der Waals surface area (Å²) in [5, 5.41) is 11.7. The normalized spacial score (nSPS) is 30.8. The Morgan fingerprint density at radius 1 is 1.56 bits per heavy atom. The van der Waals surface area contributed by atoms with E-state index in [0.29, 0.717) is 6.04 Å². The van der Waals surface area contributed by atoms with E-state index in [4.69, 9.17) is 5.26 Å². The minimum atomic E-state index is -0.971. The number of carbonyl (C=O) groups excluding carboxylic acids is 1. The van der Waals surface area contributed by atoms with E-state index < -0.39 is 12.2 Å². The number of hydrogen-bond donors (Lipinski definition) is 1. The van der Waals surface area contributed by atoms with Gasteiger partial charge in [-0.1, -0.05) is 0 Å². The summed E-state index contributed by atoms with van der Waals surface area (Å²) in [5.41, 5.74) is 0. The maximum Gasteiger partial charge on any atom is 0.234 e. The summed E-state index contributed by atoms with van der Waals surface area (Å²) in [6.45, 7) is 0.353. The summed E-state index contributed by atoms with van der Waals surface area (Å²) < 4.78 is 13.1. The standard InChI is InChI=1S/C11H16FN3O/c12-8-4-10(5-13)15(6-8)7-11(16)14-9-2-1-3-9/h8-10H,1-4,6-7H2,(H,14,16)/t8-,10-/m0/s1. The van der Waals surface area contributed by atoms with Crippen LogP contribution in [0.5, 0.6) is 0 Å². The zero-order chi connectivity index (χ0) is 11.5. The topological polar surface area (TPSA) is 56.1 Å². The molecule has 5 heteroatoms.